The lowest BCUT2D eigenvalue weighted by atomic mass is 10.2. The first-order valence-electron chi connectivity index (χ1n) is 4.67. The fourth-order valence-corrected chi connectivity index (χ4v) is 2.02. The van der Waals surface area contributed by atoms with Crippen LogP contribution in [0.3, 0.4) is 0 Å². The molecule has 0 saturated heterocycles. The van der Waals surface area contributed by atoms with E-state index in [0.29, 0.717) is 5.82 Å². The number of nitrogens with zero attached hydrogens (tertiary/aromatic N) is 1. The van der Waals surface area contributed by atoms with E-state index in [1.807, 2.05) is 6.26 Å². The molecule has 1 aromatic rings. The van der Waals surface area contributed by atoms with Crippen LogP contribution in [0.1, 0.15) is 13.3 Å². The molecule has 0 radical (unpaired) electrons. The predicted molar refractivity (Wildman–Crippen MR) is 66.0 cm³/mol. The van der Waals surface area contributed by atoms with E-state index >= 15 is 0 Å². The number of aromatic amines is 1. The highest BCUT2D eigenvalue weighted by Crippen LogP contribution is 2.15. The van der Waals surface area contributed by atoms with Gasteiger partial charge in [-0.2, -0.15) is 11.8 Å². The number of aromatic nitrogens is 2. The van der Waals surface area contributed by atoms with Gasteiger partial charge in [-0.05, 0) is 12.7 Å². The molecule has 1 rings (SSSR count). The number of halogens is 1. The zero-order chi connectivity index (χ0) is 11.3. The lowest BCUT2D eigenvalue weighted by molar-refractivity contribution is 0.768. The summed E-state index contributed by atoms with van der Waals surface area (Å²) in [5, 5.41) is 3.28. The summed E-state index contributed by atoms with van der Waals surface area (Å²) in [5.41, 5.74) is -0.312. The number of thioether (sulfide) groups is 1. The van der Waals surface area contributed by atoms with Gasteiger partial charge in [-0.25, -0.2) is 4.98 Å². The fraction of sp³-hybridized carbons (Fsp3) is 0.556. The Labute approximate surface area is 97.8 Å². The molecule has 0 aliphatic heterocycles. The first-order valence-corrected chi connectivity index (χ1v) is 6.44. The van der Waals surface area contributed by atoms with Gasteiger partial charge in [-0.1, -0.05) is 18.5 Å². The van der Waals surface area contributed by atoms with Crippen molar-refractivity contribution in [2.75, 3.05) is 17.3 Å². The van der Waals surface area contributed by atoms with E-state index in [0.717, 1.165) is 12.2 Å². The van der Waals surface area contributed by atoms with Crippen molar-refractivity contribution in [3.8, 4) is 0 Å². The zero-order valence-electron chi connectivity index (χ0n) is 8.71. The molecule has 0 aliphatic rings. The van der Waals surface area contributed by atoms with Gasteiger partial charge in [-0.15, -0.1) is 0 Å². The number of hydrogen-bond acceptors (Lipinski definition) is 4. The van der Waals surface area contributed by atoms with Crippen LogP contribution in [-0.4, -0.2) is 28.0 Å². The maximum Gasteiger partial charge on any atom is 0.271 e. The average molecular weight is 248 g/mol. The van der Waals surface area contributed by atoms with E-state index in [1.165, 1.54) is 6.33 Å². The Morgan fingerprint density at radius 3 is 3.07 bits per heavy atom. The van der Waals surface area contributed by atoms with E-state index in [1.54, 1.807) is 11.8 Å². The SMILES string of the molecule is CCC(CSC)Nc1nc[nH]c(=O)c1Cl. The highest BCUT2D eigenvalue weighted by Gasteiger charge is 2.10. The predicted octanol–water partition coefficient (Wildman–Crippen LogP) is 1.98. The van der Waals surface area contributed by atoms with E-state index in [4.69, 9.17) is 11.6 Å². The second-order valence-corrected chi connectivity index (χ2v) is 4.39. The van der Waals surface area contributed by atoms with E-state index in [2.05, 4.69) is 22.2 Å². The lowest BCUT2D eigenvalue weighted by Crippen LogP contribution is -2.23. The van der Waals surface area contributed by atoms with Crippen LogP contribution in [0.4, 0.5) is 5.82 Å². The molecule has 0 saturated carbocycles. The van der Waals surface area contributed by atoms with Crippen molar-refractivity contribution in [1.29, 1.82) is 0 Å². The Morgan fingerprint density at radius 2 is 2.47 bits per heavy atom. The number of H-pyrrole nitrogens is 1. The molecular formula is C9H14ClN3OS. The van der Waals surface area contributed by atoms with Crippen LogP contribution in [-0.2, 0) is 0 Å². The van der Waals surface area contributed by atoms with Gasteiger partial charge in [0.05, 0.1) is 6.33 Å². The fourth-order valence-electron chi connectivity index (χ4n) is 1.14. The summed E-state index contributed by atoms with van der Waals surface area (Å²) in [6.45, 7) is 2.08. The largest absolute Gasteiger partial charge is 0.365 e. The molecule has 15 heavy (non-hydrogen) atoms. The summed E-state index contributed by atoms with van der Waals surface area (Å²) in [7, 11) is 0. The van der Waals surface area contributed by atoms with E-state index < -0.39 is 0 Å². The Hall–Kier alpha value is -0.680. The van der Waals surface area contributed by atoms with Crippen LogP contribution >= 0.6 is 23.4 Å². The van der Waals surface area contributed by atoms with Crippen LogP contribution in [0, 0.1) is 0 Å². The van der Waals surface area contributed by atoms with Crippen molar-refractivity contribution in [1.82, 2.24) is 9.97 Å². The van der Waals surface area contributed by atoms with Gasteiger partial charge in [0.25, 0.3) is 5.56 Å². The van der Waals surface area contributed by atoms with Crippen molar-refractivity contribution in [3.63, 3.8) is 0 Å². The molecular weight excluding hydrogens is 234 g/mol. The van der Waals surface area contributed by atoms with E-state index in [9.17, 15) is 4.79 Å². The van der Waals surface area contributed by atoms with Crippen molar-refractivity contribution in [2.45, 2.75) is 19.4 Å². The molecule has 0 amide bonds. The van der Waals surface area contributed by atoms with Crippen molar-refractivity contribution in [3.05, 3.63) is 21.7 Å². The number of hydrogen-bond donors (Lipinski definition) is 2. The first kappa shape index (κ1) is 12.4. The standard InChI is InChI=1S/C9H14ClN3OS/c1-3-6(4-15-2)13-8-7(10)9(14)12-5-11-8/h5-6H,3-4H2,1-2H3,(H2,11,12,13,14). The van der Waals surface area contributed by atoms with Crippen LogP contribution in [0.25, 0.3) is 0 Å². The summed E-state index contributed by atoms with van der Waals surface area (Å²) >= 11 is 7.56. The van der Waals surface area contributed by atoms with Crippen LogP contribution in [0.15, 0.2) is 11.1 Å². The molecule has 0 aliphatic carbocycles. The number of nitrogens with one attached hydrogen (secondary N) is 2. The second-order valence-electron chi connectivity index (χ2n) is 3.10. The third kappa shape index (κ3) is 3.43. The molecule has 1 heterocycles. The Kier molecular flexibility index (Phi) is 4.98. The van der Waals surface area contributed by atoms with Gasteiger partial charge in [-0.3, -0.25) is 4.79 Å². The minimum atomic E-state index is -0.312. The van der Waals surface area contributed by atoms with Crippen LogP contribution < -0.4 is 10.9 Å². The number of anilines is 1. The Morgan fingerprint density at radius 1 is 1.73 bits per heavy atom. The molecule has 84 valence electrons. The quantitative estimate of drug-likeness (QED) is 0.836. The topological polar surface area (TPSA) is 57.8 Å². The van der Waals surface area contributed by atoms with Crippen molar-refractivity contribution in [2.24, 2.45) is 0 Å². The van der Waals surface area contributed by atoms with Gasteiger partial charge < -0.3 is 10.3 Å². The van der Waals surface area contributed by atoms with Gasteiger partial charge in [0.15, 0.2) is 5.82 Å². The molecule has 0 spiro atoms. The molecule has 1 unspecified atom stereocenters. The molecule has 0 aromatic carbocycles. The van der Waals surface area contributed by atoms with Crippen molar-refractivity contribution >= 4 is 29.2 Å². The highest BCUT2D eigenvalue weighted by atomic mass is 35.5. The van der Waals surface area contributed by atoms with Crippen molar-refractivity contribution < 1.29 is 0 Å². The summed E-state index contributed by atoms with van der Waals surface area (Å²) in [5.74, 6) is 1.42. The number of rotatable bonds is 5. The zero-order valence-corrected chi connectivity index (χ0v) is 10.3. The smallest absolute Gasteiger partial charge is 0.271 e. The molecule has 0 bridgehead atoms. The lowest BCUT2D eigenvalue weighted by Gasteiger charge is -2.16. The van der Waals surface area contributed by atoms with E-state index in [-0.39, 0.29) is 16.6 Å². The maximum atomic E-state index is 11.2. The van der Waals surface area contributed by atoms with Gasteiger partial charge in [0.2, 0.25) is 0 Å². The molecule has 0 fully saturated rings. The summed E-state index contributed by atoms with van der Waals surface area (Å²) in [4.78, 5) is 17.6. The molecule has 1 aromatic heterocycles. The molecule has 6 heteroatoms. The molecule has 4 nitrogen and oxygen atoms in total. The third-order valence-corrected chi connectivity index (χ3v) is 3.08. The second kappa shape index (κ2) is 6.02. The van der Waals surface area contributed by atoms with Crippen LogP contribution in [0.5, 0.6) is 0 Å². The molecule has 2 N–H and O–H groups in total. The average Bonchev–Trinajstić information content (AvgIpc) is 2.24. The van der Waals surface area contributed by atoms with Gasteiger partial charge in [0.1, 0.15) is 5.02 Å². The van der Waals surface area contributed by atoms with Gasteiger partial charge >= 0.3 is 0 Å². The first-order chi connectivity index (χ1) is 7.19. The third-order valence-electron chi connectivity index (χ3n) is 2.00. The van der Waals surface area contributed by atoms with Crippen LogP contribution in [0.2, 0.25) is 5.02 Å². The minimum Gasteiger partial charge on any atom is -0.365 e. The van der Waals surface area contributed by atoms with Gasteiger partial charge in [0, 0.05) is 11.8 Å². The minimum absolute atomic E-state index is 0.122. The highest BCUT2D eigenvalue weighted by molar-refractivity contribution is 7.98. The Bertz CT molecular complexity index is 369. The maximum absolute atomic E-state index is 11.2. The summed E-state index contributed by atoms with van der Waals surface area (Å²) in [6.07, 6.45) is 4.35. The monoisotopic (exact) mass is 247 g/mol. The summed E-state index contributed by atoms with van der Waals surface area (Å²) < 4.78 is 0. The summed E-state index contributed by atoms with van der Waals surface area (Å²) in [6, 6.07) is 0.284. The Balaban J connectivity index is 2.79. The molecule has 1 atom stereocenters. The normalized spacial score (nSPS) is 12.5.